The summed E-state index contributed by atoms with van der Waals surface area (Å²) in [5.74, 6) is 0.769. The summed E-state index contributed by atoms with van der Waals surface area (Å²) in [5.41, 5.74) is 0.892. The Morgan fingerprint density at radius 1 is 1.11 bits per heavy atom. The Balaban J connectivity index is 1.47. The molecule has 1 aromatic heterocycles. The first-order valence-corrected chi connectivity index (χ1v) is 8.84. The van der Waals surface area contributed by atoms with Gasteiger partial charge in [0.15, 0.2) is 5.78 Å². The summed E-state index contributed by atoms with van der Waals surface area (Å²) in [4.78, 5) is 30.1. The van der Waals surface area contributed by atoms with Crippen LogP contribution in [0, 0.1) is 0 Å². The third-order valence-corrected chi connectivity index (χ3v) is 4.16. The number of carbonyl (C=O) groups excluding carboxylic acids is 2. The van der Waals surface area contributed by atoms with Crippen LogP contribution >= 0.6 is 0 Å². The van der Waals surface area contributed by atoms with Crippen molar-refractivity contribution in [3.05, 3.63) is 53.7 Å². The summed E-state index contributed by atoms with van der Waals surface area (Å²) in [5, 5.41) is 0. The van der Waals surface area contributed by atoms with Crippen LogP contribution in [0.15, 0.2) is 42.6 Å². The molecule has 0 atom stereocenters. The van der Waals surface area contributed by atoms with E-state index in [0.29, 0.717) is 30.1 Å². The fraction of sp³-hybridized carbons (Fsp3) is 0.350. The predicted octanol–water partition coefficient (Wildman–Crippen LogP) is 2.36. The highest BCUT2D eigenvalue weighted by Crippen LogP contribution is 2.18. The molecule has 1 fully saturated rings. The molecule has 27 heavy (non-hydrogen) atoms. The maximum atomic E-state index is 12.1. The number of anilines is 1. The van der Waals surface area contributed by atoms with Crippen molar-refractivity contribution in [3.8, 4) is 5.75 Å². The molecule has 0 amide bonds. The SMILES string of the molecule is CC(=O)c1ccccc1OCCOC(=O)c1ccc(N2CCOCC2)nc1. The van der Waals surface area contributed by atoms with E-state index in [4.69, 9.17) is 14.2 Å². The molecular formula is C20H22N2O5. The van der Waals surface area contributed by atoms with Crippen LogP contribution in [-0.4, -0.2) is 56.3 Å². The third-order valence-electron chi connectivity index (χ3n) is 4.16. The molecule has 0 N–H and O–H groups in total. The summed E-state index contributed by atoms with van der Waals surface area (Å²) >= 11 is 0. The molecule has 0 bridgehead atoms. The molecular weight excluding hydrogens is 348 g/mol. The van der Waals surface area contributed by atoms with Crippen LogP contribution in [0.5, 0.6) is 5.75 Å². The Morgan fingerprint density at radius 3 is 2.59 bits per heavy atom. The van der Waals surface area contributed by atoms with E-state index in [-0.39, 0.29) is 19.0 Å². The number of ketones is 1. The number of ether oxygens (including phenoxy) is 3. The Bertz CT molecular complexity index is 785. The largest absolute Gasteiger partial charge is 0.489 e. The van der Waals surface area contributed by atoms with Crippen molar-refractivity contribution in [1.82, 2.24) is 4.98 Å². The van der Waals surface area contributed by atoms with Gasteiger partial charge in [0.05, 0.1) is 24.3 Å². The van der Waals surface area contributed by atoms with Crippen molar-refractivity contribution in [1.29, 1.82) is 0 Å². The number of aromatic nitrogens is 1. The molecule has 2 aromatic rings. The lowest BCUT2D eigenvalue weighted by molar-refractivity contribution is 0.0448. The zero-order valence-electron chi connectivity index (χ0n) is 15.2. The van der Waals surface area contributed by atoms with Crippen molar-refractivity contribution in [2.24, 2.45) is 0 Å². The molecule has 0 aliphatic carbocycles. The molecule has 142 valence electrons. The minimum absolute atomic E-state index is 0.0750. The number of para-hydroxylation sites is 1. The number of pyridine rings is 1. The minimum Gasteiger partial charge on any atom is -0.489 e. The van der Waals surface area contributed by atoms with Gasteiger partial charge in [0.2, 0.25) is 0 Å². The number of carbonyl (C=O) groups is 2. The maximum absolute atomic E-state index is 12.1. The molecule has 1 saturated heterocycles. The molecule has 1 aromatic carbocycles. The van der Waals surface area contributed by atoms with Gasteiger partial charge in [-0.2, -0.15) is 0 Å². The van der Waals surface area contributed by atoms with E-state index < -0.39 is 5.97 Å². The molecule has 2 heterocycles. The van der Waals surface area contributed by atoms with Crippen molar-refractivity contribution in [3.63, 3.8) is 0 Å². The number of benzene rings is 1. The number of Topliss-reactive ketones (excluding diaryl/α,β-unsaturated/α-hetero) is 1. The standard InChI is InChI=1S/C20H22N2O5/c1-15(23)17-4-2-3-5-18(17)26-12-13-27-20(24)16-6-7-19(21-14-16)22-8-10-25-11-9-22/h2-7,14H,8-13H2,1H3. The number of esters is 1. The summed E-state index contributed by atoms with van der Waals surface area (Å²) < 4.78 is 16.1. The second-order valence-electron chi connectivity index (χ2n) is 6.04. The van der Waals surface area contributed by atoms with Crippen LogP contribution in [0.25, 0.3) is 0 Å². The molecule has 0 radical (unpaired) electrons. The van der Waals surface area contributed by atoms with Crippen molar-refractivity contribution in [2.45, 2.75) is 6.92 Å². The number of hydrogen-bond acceptors (Lipinski definition) is 7. The average Bonchev–Trinajstić information content (AvgIpc) is 2.72. The molecule has 0 saturated carbocycles. The molecule has 1 aliphatic rings. The van der Waals surface area contributed by atoms with Gasteiger partial charge in [-0.3, -0.25) is 4.79 Å². The highest BCUT2D eigenvalue weighted by molar-refractivity contribution is 5.96. The first-order valence-electron chi connectivity index (χ1n) is 8.84. The van der Waals surface area contributed by atoms with Gasteiger partial charge in [0, 0.05) is 19.3 Å². The van der Waals surface area contributed by atoms with Gasteiger partial charge in [-0.15, -0.1) is 0 Å². The van der Waals surface area contributed by atoms with E-state index >= 15 is 0 Å². The first-order chi connectivity index (χ1) is 13.1. The number of hydrogen-bond donors (Lipinski definition) is 0. The van der Waals surface area contributed by atoms with Crippen LogP contribution in [0.1, 0.15) is 27.6 Å². The van der Waals surface area contributed by atoms with Gasteiger partial charge in [-0.1, -0.05) is 12.1 Å². The first kappa shape index (κ1) is 18.8. The maximum Gasteiger partial charge on any atom is 0.339 e. The molecule has 0 unspecified atom stereocenters. The quantitative estimate of drug-likeness (QED) is 0.421. The molecule has 0 spiro atoms. The van der Waals surface area contributed by atoms with Gasteiger partial charge in [0.25, 0.3) is 0 Å². The summed E-state index contributed by atoms with van der Waals surface area (Å²) in [6.45, 7) is 4.66. The Morgan fingerprint density at radius 2 is 1.89 bits per heavy atom. The van der Waals surface area contributed by atoms with Gasteiger partial charge in [-0.05, 0) is 31.2 Å². The summed E-state index contributed by atoms with van der Waals surface area (Å²) in [7, 11) is 0. The van der Waals surface area contributed by atoms with E-state index in [2.05, 4.69) is 9.88 Å². The lowest BCUT2D eigenvalue weighted by Crippen LogP contribution is -2.36. The number of nitrogens with zero attached hydrogens (tertiary/aromatic N) is 2. The van der Waals surface area contributed by atoms with Gasteiger partial charge in [0.1, 0.15) is 24.8 Å². The minimum atomic E-state index is -0.459. The monoisotopic (exact) mass is 370 g/mol. The zero-order chi connectivity index (χ0) is 19.1. The predicted molar refractivity (Wildman–Crippen MR) is 99.5 cm³/mol. The Labute approximate surface area is 157 Å². The lowest BCUT2D eigenvalue weighted by atomic mass is 10.1. The van der Waals surface area contributed by atoms with E-state index in [0.717, 1.165) is 18.9 Å². The van der Waals surface area contributed by atoms with Crippen LogP contribution in [-0.2, 0) is 9.47 Å². The van der Waals surface area contributed by atoms with Crippen LogP contribution in [0.3, 0.4) is 0 Å². The summed E-state index contributed by atoms with van der Waals surface area (Å²) in [6, 6.07) is 10.5. The zero-order valence-corrected chi connectivity index (χ0v) is 15.2. The highest BCUT2D eigenvalue weighted by Gasteiger charge is 2.14. The van der Waals surface area contributed by atoms with E-state index in [1.54, 1.807) is 30.3 Å². The van der Waals surface area contributed by atoms with E-state index in [1.165, 1.54) is 13.1 Å². The van der Waals surface area contributed by atoms with Gasteiger partial charge < -0.3 is 19.1 Å². The second kappa shape index (κ2) is 9.14. The Kier molecular flexibility index (Phi) is 6.38. The van der Waals surface area contributed by atoms with Crippen molar-refractivity contribution < 1.29 is 23.8 Å². The fourth-order valence-electron chi connectivity index (χ4n) is 2.74. The number of rotatable bonds is 7. The molecule has 3 rings (SSSR count). The smallest absolute Gasteiger partial charge is 0.339 e. The Hall–Kier alpha value is -2.93. The molecule has 7 heteroatoms. The summed E-state index contributed by atoms with van der Waals surface area (Å²) in [6.07, 6.45) is 1.51. The highest BCUT2D eigenvalue weighted by atomic mass is 16.6. The average molecular weight is 370 g/mol. The van der Waals surface area contributed by atoms with Crippen molar-refractivity contribution in [2.75, 3.05) is 44.4 Å². The van der Waals surface area contributed by atoms with Gasteiger partial charge in [-0.25, -0.2) is 9.78 Å². The molecule has 7 nitrogen and oxygen atoms in total. The lowest BCUT2D eigenvalue weighted by Gasteiger charge is -2.27. The fourth-order valence-corrected chi connectivity index (χ4v) is 2.74. The third kappa shape index (κ3) is 5.04. The normalized spacial score (nSPS) is 13.9. The van der Waals surface area contributed by atoms with Crippen LogP contribution in [0.4, 0.5) is 5.82 Å². The van der Waals surface area contributed by atoms with E-state index in [1.807, 2.05) is 6.07 Å². The van der Waals surface area contributed by atoms with Crippen LogP contribution < -0.4 is 9.64 Å². The topological polar surface area (TPSA) is 78.0 Å². The van der Waals surface area contributed by atoms with Crippen molar-refractivity contribution >= 4 is 17.6 Å². The van der Waals surface area contributed by atoms with E-state index in [9.17, 15) is 9.59 Å². The van der Waals surface area contributed by atoms with Crippen LogP contribution in [0.2, 0.25) is 0 Å². The second-order valence-corrected chi connectivity index (χ2v) is 6.04. The molecule has 1 aliphatic heterocycles. The van der Waals surface area contributed by atoms with Gasteiger partial charge >= 0.3 is 5.97 Å². The number of morpholine rings is 1.